The SMILES string of the molecule is CN(C)CC1C(=O)Nc2c(c[nH]c2C(=O)O)N1C. The molecular weight excluding hydrogens is 236 g/mol. The topological polar surface area (TPSA) is 88.7 Å². The van der Waals surface area contributed by atoms with E-state index in [0.29, 0.717) is 17.9 Å². The molecular formula is C11H16N4O3. The Morgan fingerprint density at radius 3 is 2.78 bits per heavy atom. The van der Waals surface area contributed by atoms with Crippen molar-refractivity contribution >= 4 is 23.3 Å². The molecule has 0 saturated heterocycles. The normalized spacial score (nSPS) is 18.8. The molecule has 0 bridgehead atoms. The van der Waals surface area contributed by atoms with E-state index in [9.17, 15) is 9.59 Å². The van der Waals surface area contributed by atoms with Gasteiger partial charge in [0.2, 0.25) is 5.91 Å². The van der Waals surface area contributed by atoms with Gasteiger partial charge < -0.3 is 25.2 Å². The Balaban J connectivity index is 2.36. The predicted octanol–water partition coefficient (Wildman–Crippen LogP) is 0.0314. The van der Waals surface area contributed by atoms with E-state index in [1.165, 1.54) is 0 Å². The van der Waals surface area contributed by atoms with E-state index in [0.717, 1.165) is 0 Å². The summed E-state index contributed by atoms with van der Waals surface area (Å²) in [4.78, 5) is 29.4. The number of amides is 1. The fraction of sp³-hybridized carbons (Fsp3) is 0.455. The summed E-state index contributed by atoms with van der Waals surface area (Å²) in [6.45, 7) is 0.565. The second kappa shape index (κ2) is 4.34. The first kappa shape index (κ1) is 12.4. The maximum atomic E-state index is 12.0. The van der Waals surface area contributed by atoms with E-state index in [2.05, 4.69) is 10.3 Å². The number of nitrogens with zero attached hydrogens (tertiary/aromatic N) is 2. The number of carboxylic acids is 1. The number of hydrogen-bond acceptors (Lipinski definition) is 4. The minimum absolute atomic E-state index is 0.00787. The van der Waals surface area contributed by atoms with Gasteiger partial charge in [-0.05, 0) is 14.1 Å². The van der Waals surface area contributed by atoms with Crippen molar-refractivity contribution in [2.24, 2.45) is 0 Å². The van der Waals surface area contributed by atoms with Crippen LogP contribution in [0, 0.1) is 0 Å². The first-order valence-corrected chi connectivity index (χ1v) is 5.55. The summed E-state index contributed by atoms with van der Waals surface area (Å²) >= 11 is 0. The van der Waals surface area contributed by atoms with E-state index in [-0.39, 0.29) is 17.6 Å². The average molecular weight is 252 g/mol. The number of rotatable bonds is 3. The Morgan fingerprint density at radius 1 is 1.56 bits per heavy atom. The molecule has 18 heavy (non-hydrogen) atoms. The molecule has 0 aromatic carbocycles. The number of likely N-dealkylation sites (N-methyl/N-ethyl adjacent to an activating group) is 2. The van der Waals surface area contributed by atoms with Crippen LogP contribution in [-0.2, 0) is 4.79 Å². The van der Waals surface area contributed by atoms with Crippen LogP contribution in [0.1, 0.15) is 10.5 Å². The number of carbonyl (C=O) groups is 2. The maximum Gasteiger partial charge on any atom is 0.354 e. The Labute approximate surface area is 104 Å². The van der Waals surface area contributed by atoms with Crippen LogP contribution in [0.15, 0.2) is 6.20 Å². The molecule has 0 saturated carbocycles. The lowest BCUT2D eigenvalue weighted by molar-refractivity contribution is -0.117. The number of H-pyrrole nitrogens is 1. The van der Waals surface area contributed by atoms with Gasteiger partial charge in [0.05, 0.1) is 11.4 Å². The molecule has 1 aliphatic heterocycles. The number of aromatic carboxylic acids is 1. The van der Waals surface area contributed by atoms with Crippen molar-refractivity contribution in [3.8, 4) is 0 Å². The number of nitrogens with one attached hydrogen (secondary N) is 2. The summed E-state index contributed by atoms with van der Waals surface area (Å²) in [5.74, 6) is -1.28. The van der Waals surface area contributed by atoms with Gasteiger partial charge in [0, 0.05) is 19.8 Å². The number of carbonyl (C=O) groups excluding carboxylic acids is 1. The minimum atomic E-state index is -1.09. The molecule has 0 spiro atoms. The third-order valence-electron chi connectivity index (χ3n) is 3.01. The Morgan fingerprint density at radius 2 is 2.22 bits per heavy atom. The van der Waals surface area contributed by atoms with Gasteiger partial charge in [0.15, 0.2) is 5.69 Å². The highest BCUT2D eigenvalue weighted by Crippen LogP contribution is 2.34. The highest BCUT2D eigenvalue weighted by Gasteiger charge is 2.34. The maximum absolute atomic E-state index is 12.0. The van der Waals surface area contributed by atoms with E-state index in [1.54, 1.807) is 18.1 Å². The molecule has 1 aromatic rings. The number of carboxylic acid groups (broad SMARTS) is 1. The van der Waals surface area contributed by atoms with E-state index in [4.69, 9.17) is 5.11 Å². The molecule has 2 heterocycles. The molecule has 3 N–H and O–H groups in total. The summed E-state index contributed by atoms with van der Waals surface area (Å²) in [6.07, 6.45) is 1.60. The zero-order valence-corrected chi connectivity index (χ0v) is 10.5. The van der Waals surface area contributed by atoms with Crippen LogP contribution < -0.4 is 10.2 Å². The second-order valence-corrected chi connectivity index (χ2v) is 4.61. The van der Waals surface area contributed by atoms with Gasteiger partial charge in [-0.2, -0.15) is 0 Å². The van der Waals surface area contributed by atoms with Gasteiger partial charge in [-0.1, -0.05) is 0 Å². The quantitative estimate of drug-likeness (QED) is 0.706. The molecule has 7 heteroatoms. The molecule has 1 atom stereocenters. The lowest BCUT2D eigenvalue weighted by atomic mass is 10.1. The van der Waals surface area contributed by atoms with E-state index < -0.39 is 5.97 Å². The largest absolute Gasteiger partial charge is 0.477 e. The molecule has 0 fully saturated rings. The van der Waals surface area contributed by atoms with Gasteiger partial charge in [0.25, 0.3) is 0 Å². The molecule has 98 valence electrons. The summed E-state index contributed by atoms with van der Waals surface area (Å²) in [7, 11) is 5.55. The number of aromatic amines is 1. The first-order chi connectivity index (χ1) is 8.41. The van der Waals surface area contributed by atoms with E-state index in [1.807, 2.05) is 19.0 Å². The number of aromatic nitrogens is 1. The predicted molar refractivity (Wildman–Crippen MR) is 67.1 cm³/mol. The van der Waals surface area contributed by atoms with Gasteiger partial charge in [-0.3, -0.25) is 4.79 Å². The summed E-state index contributed by atoms with van der Waals surface area (Å²) in [5.41, 5.74) is 1.04. The lowest BCUT2D eigenvalue weighted by Crippen LogP contribution is -2.51. The molecule has 0 radical (unpaired) electrons. The fourth-order valence-electron chi connectivity index (χ4n) is 2.09. The van der Waals surface area contributed by atoms with Gasteiger partial charge in [0.1, 0.15) is 6.04 Å². The van der Waals surface area contributed by atoms with Crippen molar-refractivity contribution in [1.82, 2.24) is 9.88 Å². The monoisotopic (exact) mass is 252 g/mol. The van der Waals surface area contributed by atoms with Crippen LogP contribution in [-0.4, -0.2) is 60.6 Å². The second-order valence-electron chi connectivity index (χ2n) is 4.61. The fourth-order valence-corrected chi connectivity index (χ4v) is 2.09. The summed E-state index contributed by atoms with van der Waals surface area (Å²) < 4.78 is 0. The molecule has 0 aliphatic carbocycles. The van der Waals surface area contributed by atoms with Gasteiger partial charge in [-0.15, -0.1) is 0 Å². The van der Waals surface area contributed by atoms with Crippen LogP contribution in [0.4, 0.5) is 11.4 Å². The van der Waals surface area contributed by atoms with Crippen molar-refractivity contribution in [1.29, 1.82) is 0 Å². The lowest BCUT2D eigenvalue weighted by Gasteiger charge is -2.34. The van der Waals surface area contributed by atoms with Crippen molar-refractivity contribution in [2.45, 2.75) is 6.04 Å². The van der Waals surface area contributed by atoms with Crippen molar-refractivity contribution in [3.05, 3.63) is 11.9 Å². The van der Waals surface area contributed by atoms with Crippen LogP contribution in [0.25, 0.3) is 0 Å². The molecule has 1 aromatic heterocycles. The van der Waals surface area contributed by atoms with Crippen molar-refractivity contribution in [2.75, 3.05) is 37.9 Å². The van der Waals surface area contributed by atoms with Crippen LogP contribution in [0.2, 0.25) is 0 Å². The molecule has 1 unspecified atom stereocenters. The number of fused-ring (bicyclic) bond motifs is 1. The standard InChI is InChI=1S/C11H16N4O3/c1-14(2)5-7-10(16)13-8-6(15(7)3)4-12-9(8)11(17)18/h4,7,12H,5H2,1-3H3,(H,13,16)(H,17,18). The Bertz CT molecular complexity index is 494. The smallest absolute Gasteiger partial charge is 0.354 e. The van der Waals surface area contributed by atoms with Gasteiger partial charge >= 0.3 is 5.97 Å². The first-order valence-electron chi connectivity index (χ1n) is 5.55. The van der Waals surface area contributed by atoms with Gasteiger partial charge in [-0.25, -0.2) is 4.79 Å². The van der Waals surface area contributed by atoms with Crippen molar-refractivity contribution in [3.63, 3.8) is 0 Å². The third-order valence-corrected chi connectivity index (χ3v) is 3.01. The molecule has 1 amide bonds. The highest BCUT2D eigenvalue weighted by molar-refractivity contribution is 6.09. The molecule has 2 rings (SSSR count). The number of anilines is 2. The minimum Gasteiger partial charge on any atom is -0.477 e. The van der Waals surface area contributed by atoms with Crippen molar-refractivity contribution < 1.29 is 14.7 Å². The zero-order chi connectivity index (χ0) is 13.4. The average Bonchev–Trinajstić information content (AvgIpc) is 2.67. The molecule has 7 nitrogen and oxygen atoms in total. The number of hydrogen-bond donors (Lipinski definition) is 3. The summed E-state index contributed by atoms with van der Waals surface area (Å²) in [5, 5.41) is 11.7. The Hall–Kier alpha value is -2.02. The van der Waals surface area contributed by atoms with E-state index >= 15 is 0 Å². The van der Waals surface area contributed by atoms with Crippen LogP contribution in [0.3, 0.4) is 0 Å². The zero-order valence-electron chi connectivity index (χ0n) is 10.5. The van der Waals surface area contributed by atoms with Crippen LogP contribution in [0.5, 0.6) is 0 Å². The Kier molecular flexibility index (Phi) is 3.00. The highest BCUT2D eigenvalue weighted by atomic mass is 16.4. The molecule has 1 aliphatic rings. The third kappa shape index (κ3) is 1.92. The van der Waals surface area contributed by atoms with Crippen LogP contribution >= 0.6 is 0 Å². The summed E-state index contributed by atoms with van der Waals surface area (Å²) in [6, 6.07) is -0.329.